The molecule has 0 aliphatic carbocycles. The van der Waals surface area contributed by atoms with Crippen LogP contribution in [-0.4, -0.2) is 26.4 Å². The van der Waals surface area contributed by atoms with Crippen LogP contribution in [0, 0.1) is 0 Å². The number of nitrogens with two attached hydrogens (primary N) is 1. The largest absolute Gasteiger partial charge is 0.492 e. The minimum Gasteiger partial charge on any atom is -0.492 e. The van der Waals surface area contributed by atoms with Gasteiger partial charge < -0.3 is 15.2 Å². The topological polar surface area (TPSA) is 44.5 Å². The molecule has 0 aromatic heterocycles. The Morgan fingerprint density at radius 1 is 1.31 bits per heavy atom. The van der Waals surface area contributed by atoms with Gasteiger partial charge in [0.1, 0.15) is 12.4 Å². The molecule has 0 radical (unpaired) electrons. The standard InChI is InChI=1S/C12H18ClNO2/c1-15-8-2-3-11(14)9-16-12-6-4-10(13)5-7-12/h4-7,11H,2-3,8-9,14H2,1H3. The molecule has 2 N–H and O–H groups in total. The van der Waals surface area contributed by atoms with E-state index in [2.05, 4.69) is 0 Å². The summed E-state index contributed by atoms with van der Waals surface area (Å²) in [7, 11) is 1.69. The van der Waals surface area contributed by atoms with E-state index >= 15 is 0 Å². The molecule has 4 heteroatoms. The second-order valence-corrected chi connectivity index (χ2v) is 4.10. The molecule has 0 amide bonds. The van der Waals surface area contributed by atoms with Gasteiger partial charge >= 0.3 is 0 Å². The summed E-state index contributed by atoms with van der Waals surface area (Å²) in [4.78, 5) is 0. The Balaban J connectivity index is 2.20. The summed E-state index contributed by atoms with van der Waals surface area (Å²) >= 11 is 5.76. The van der Waals surface area contributed by atoms with Crippen LogP contribution in [0.1, 0.15) is 12.8 Å². The van der Waals surface area contributed by atoms with E-state index in [1.54, 1.807) is 19.2 Å². The number of hydrogen-bond acceptors (Lipinski definition) is 3. The summed E-state index contributed by atoms with van der Waals surface area (Å²) in [6.45, 7) is 1.26. The first-order chi connectivity index (χ1) is 7.72. The fraction of sp³-hybridized carbons (Fsp3) is 0.500. The highest BCUT2D eigenvalue weighted by molar-refractivity contribution is 6.30. The molecule has 1 aromatic carbocycles. The normalized spacial score (nSPS) is 12.4. The summed E-state index contributed by atoms with van der Waals surface area (Å²) in [6, 6.07) is 7.32. The van der Waals surface area contributed by atoms with Crippen LogP contribution in [0.3, 0.4) is 0 Å². The van der Waals surface area contributed by atoms with E-state index in [0.717, 1.165) is 25.2 Å². The first-order valence-corrected chi connectivity index (χ1v) is 5.73. The van der Waals surface area contributed by atoms with Crippen LogP contribution in [0.4, 0.5) is 0 Å². The quantitative estimate of drug-likeness (QED) is 0.749. The minimum absolute atomic E-state index is 0.0471. The van der Waals surface area contributed by atoms with Gasteiger partial charge in [-0.15, -0.1) is 0 Å². The van der Waals surface area contributed by atoms with Crippen molar-refractivity contribution in [2.75, 3.05) is 20.3 Å². The number of ether oxygens (including phenoxy) is 2. The SMILES string of the molecule is COCCCC(N)COc1ccc(Cl)cc1. The molecule has 16 heavy (non-hydrogen) atoms. The van der Waals surface area contributed by atoms with Gasteiger partial charge in [0.15, 0.2) is 0 Å². The van der Waals surface area contributed by atoms with Gasteiger partial charge in [-0.3, -0.25) is 0 Å². The van der Waals surface area contributed by atoms with Gasteiger partial charge in [0.2, 0.25) is 0 Å². The maximum absolute atomic E-state index is 5.89. The number of hydrogen-bond donors (Lipinski definition) is 1. The molecule has 0 heterocycles. The molecule has 0 saturated carbocycles. The van der Waals surface area contributed by atoms with Gasteiger partial charge in [0, 0.05) is 24.8 Å². The minimum atomic E-state index is 0.0471. The fourth-order valence-corrected chi connectivity index (χ4v) is 1.43. The van der Waals surface area contributed by atoms with Crippen LogP contribution in [0.15, 0.2) is 24.3 Å². The third-order valence-corrected chi connectivity index (χ3v) is 2.45. The van der Waals surface area contributed by atoms with Crippen molar-refractivity contribution in [3.8, 4) is 5.75 Å². The lowest BCUT2D eigenvalue weighted by atomic mass is 10.2. The Morgan fingerprint density at radius 2 is 2.00 bits per heavy atom. The number of benzene rings is 1. The van der Waals surface area contributed by atoms with Crippen LogP contribution >= 0.6 is 11.6 Å². The zero-order chi connectivity index (χ0) is 11.8. The second-order valence-electron chi connectivity index (χ2n) is 3.66. The molecule has 1 atom stereocenters. The van der Waals surface area contributed by atoms with Crippen molar-refractivity contribution < 1.29 is 9.47 Å². The van der Waals surface area contributed by atoms with Crippen molar-refractivity contribution in [2.24, 2.45) is 5.73 Å². The molecule has 90 valence electrons. The van der Waals surface area contributed by atoms with Gasteiger partial charge in [-0.05, 0) is 37.1 Å². The molecule has 0 spiro atoms. The predicted octanol–water partition coefficient (Wildman–Crippen LogP) is 2.47. The van der Waals surface area contributed by atoms with Gasteiger partial charge in [0.05, 0.1) is 0 Å². The zero-order valence-electron chi connectivity index (χ0n) is 9.49. The highest BCUT2D eigenvalue weighted by Gasteiger charge is 2.03. The molecule has 0 aliphatic rings. The maximum atomic E-state index is 5.89. The number of halogens is 1. The van der Waals surface area contributed by atoms with E-state index < -0.39 is 0 Å². The lowest BCUT2D eigenvalue weighted by Gasteiger charge is -2.12. The number of rotatable bonds is 7. The highest BCUT2D eigenvalue weighted by atomic mass is 35.5. The van der Waals surface area contributed by atoms with Crippen molar-refractivity contribution in [1.82, 2.24) is 0 Å². The van der Waals surface area contributed by atoms with Crippen molar-refractivity contribution in [2.45, 2.75) is 18.9 Å². The van der Waals surface area contributed by atoms with E-state index in [4.69, 9.17) is 26.8 Å². The first-order valence-electron chi connectivity index (χ1n) is 5.35. The van der Waals surface area contributed by atoms with E-state index in [-0.39, 0.29) is 6.04 Å². The Bertz CT molecular complexity index is 290. The smallest absolute Gasteiger partial charge is 0.119 e. The summed E-state index contributed by atoms with van der Waals surface area (Å²) in [5.41, 5.74) is 5.89. The molecule has 3 nitrogen and oxygen atoms in total. The molecule has 0 saturated heterocycles. The molecular weight excluding hydrogens is 226 g/mol. The average Bonchev–Trinajstić information content (AvgIpc) is 2.29. The monoisotopic (exact) mass is 243 g/mol. The van der Waals surface area contributed by atoms with E-state index in [1.807, 2.05) is 12.1 Å². The van der Waals surface area contributed by atoms with Crippen molar-refractivity contribution in [3.05, 3.63) is 29.3 Å². The summed E-state index contributed by atoms with van der Waals surface area (Å²) < 4.78 is 10.5. The third-order valence-electron chi connectivity index (χ3n) is 2.20. The van der Waals surface area contributed by atoms with E-state index in [9.17, 15) is 0 Å². The Morgan fingerprint density at radius 3 is 2.62 bits per heavy atom. The Hall–Kier alpha value is -0.770. The highest BCUT2D eigenvalue weighted by Crippen LogP contribution is 2.15. The van der Waals surface area contributed by atoms with E-state index in [0.29, 0.717) is 11.6 Å². The van der Waals surface area contributed by atoms with Gasteiger partial charge in [0.25, 0.3) is 0 Å². The molecule has 1 unspecified atom stereocenters. The summed E-state index contributed by atoms with van der Waals surface area (Å²) in [5, 5.41) is 0.705. The summed E-state index contributed by atoms with van der Waals surface area (Å²) in [6.07, 6.45) is 1.86. The van der Waals surface area contributed by atoms with E-state index in [1.165, 1.54) is 0 Å². The molecule has 0 bridgehead atoms. The zero-order valence-corrected chi connectivity index (χ0v) is 10.2. The molecular formula is C12H18ClNO2. The lowest BCUT2D eigenvalue weighted by Crippen LogP contribution is -2.28. The first kappa shape index (κ1) is 13.3. The van der Waals surface area contributed by atoms with Crippen molar-refractivity contribution in [3.63, 3.8) is 0 Å². The fourth-order valence-electron chi connectivity index (χ4n) is 1.31. The average molecular weight is 244 g/mol. The van der Waals surface area contributed by atoms with Gasteiger partial charge in [-0.25, -0.2) is 0 Å². The van der Waals surface area contributed by atoms with Crippen LogP contribution in [0.5, 0.6) is 5.75 Å². The Labute approximate surface area is 101 Å². The van der Waals surface area contributed by atoms with Gasteiger partial charge in [-0.1, -0.05) is 11.6 Å². The van der Waals surface area contributed by atoms with Crippen LogP contribution < -0.4 is 10.5 Å². The van der Waals surface area contributed by atoms with Crippen molar-refractivity contribution in [1.29, 1.82) is 0 Å². The maximum Gasteiger partial charge on any atom is 0.119 e. The van der Waals surface area contributed by atoms with Gasteiger partial charge in [-0.2, -0.15) is 0 Å². The predicted molar refractivity (Wildman–Crippen MR) is 66.0 cm³/mol. The number of methoxy groups -OCH3 is 1. The molecule has 0 fully saturated rings. The van der Waals surface area contributed by atoms with Crippen LogP contribution in [-0.2, 0) is 4.74 Å². The molecule has 1 rings (SSSR count). The lowest BCUT2D eigenvalue weighted by molar-refractivity contribution is 0.185. The molecule has 1 aromatic rings. The Kier molecular flexibility index (Phi) is 6.23. The third kappa shape index (κ3) is 5.35. The van der Waals surface area contributed by atoms with Crippen LogP contribution in [0.2, 0.25) is 5.02 Å². The summed E-state index contributed by atoms with van der Waals surface area (Å²) in [5.74, 6) is 0.798. The van der Waals surface area contributed by atoms with Crippen molar-refractivity contribution >= 4 is 11.6 Å². The van der Waals surface area contributed by atoms with Crippen LogP contribution in [0.25, 0.3) is 0 Å². The molecule has 0 aliphatic heterocycles. The second kappa shape index (κ2) is 7.49.